The van der Waals surface area contributed by atoms with Crippen molar-refractivity contribution in [3.63, 3.8) is 0 Å². The Morgan fingerprint density at radius 1 is 0.409 bits per heavy atom. The highest BCUT2D eigenvalue weighted by Crippen LogP contribution is 2.14. The van der Waals surface area contributed by atoms with Crippen LogP contribution < -0.4 is 0 Å². The van der Waals surface area contributed by atoms with Gasteiger partial charge in [-0.1, -0.05) is 83.5 Å². The van der Waals surface area contributed by atoms with Crippen LogP contribution in [-0.2, 0) is 0 Å². The molecule has 4 N–H and O–H groups in total. The molecule has 0 heterocycles. The van der Waals surface area contributed by atoms with Gasteiger partial charge < -0.3 is 20.4 Å². The monoisotopic (exact) mass is 318 g/mol. The third kappa shape index (κ3) is 19.8. The van der Waals surface area contributed by atoms with E-state index in [-0.39, 0.29) is 6.42 Å². The van der Waals surface area contributed by atoms with Crippen molar-refractivity contribution in [1.82, 2.24) is 0 Å². The minimum absolute atomic E-state index is 0.0486. The van der Waals surface area contributed by atoms with Gasteiger partial charge in [0, 0.05) is 13.0 Å². The van der Waals surface area contributed by atoms with E-state index in [0.29, 0.717) is 13.0 Å². The van der Waals surface area contributed by atoms with Crippen LogP contribution in [0.15, 0.2) is 0 Å². The molecule has 0 bridgehead atoms. The molecular weight excluding hydrogens is 280 g/mol. The van der Waals surface area contributed by atoms with Crippen LogP contribution in [0, 0.1) is 0 Å². The number of unbranched alkanes of at least 4 members (excludes halogenated alkanes) is 14. The van der Waals surface area contributed by atoms with Crippen LogP contribution >= 0.6 is 0 Å². The molecule has 0 rings (SSSR count). The smallest absolute Gasteiger partial charge is 0.275 e. The molecule has 0 unspecified atom stereocenters. The maximum atomic E-state index is 8.73. The molecule has 22 heavy (non-hydrogen) atoms. The summed E-state index contributed by atoms with van der Waals surface area (Å²) >= 11 is 0. The Labute approximate surface area is 136 Å². The average molecular weight is 318 g/mol. The second-order valence-electron chi connectivity index (χ2n) is 6.55. The Hall–Kier alpha value is -0.160. The van der Waals surface area contributed by atoms with Crippen molar-refractivity contribution in [3.05, 3.63) is 0 Å². The van der Waals surface area contributed by atoms with Crippen LogP contribution in [0.25, 0.3) is 0 Å². The summed E-state index contributed by atoms with van der Waals surface area (Å²) in [5, 5.41) is 34.9. The van der Waals surface area contributed by atoms with Gasteiger partial charge in [-0.15, -0.1) is 0 Å². The van der Waals surface area contributed by atoms with E-state index in [2.05, 4.69) is 0 Å². The quantitative estimate of drug-likeness (QED) is 0.242. The molecule has 0 aliphatic rings. The molecule has 0 aromatic rings. The fraction of sp³-hybridized carbons (Fsp3) is 1.00. The normalized spacial score (nSPS) is 12.0. The topological polar surface area (TPSA) is 80.9 Å². The van der Waals surface area contributed by atoms with Crippen molar-refractivity contribution in [2.45, 2.75) is 109 Å². The largest absolute Gasteiger partial charge is 0.396 e. The first-order chi connectivity index (χ1) is 10.6. The van der Waals surface area contributed by atoms with E-state index in [9.17, 15) is 0 Å². The summed E-state index contributed by atoms with van der Waals surface area (Å²) in [5.74, 6) is -2.47. The summed E-state index contributed by atoms with van der Waals surface area (Å²) in [5.41, 5.74) is 0. The maximum absolute atomic E-state index is 8.73. The van der Waals surface area contributed by atoms with Gasteiger partial charge in [0.05, 0.1) is 0 Å². The molecule has 0 spiro atoms. The minimum Gasteiger partial charge on any atom is -0.396 e. The second-order valence-corrected chi connectivity index (χ2v) is 6.55. The predicted molar refractivity (Wildman–Crippen MR) is 90.3 cm³/mol. The molecular formula is C18H38O4. The van der Waals surface area contributed by atoms with Crippen LogP contribution in [0.1, 0.15) is 103 Å². The third-order valence-electron chi connectivity index (χ3n) is 4.17. The number of rotatable bonds is 17. The zero-order valence-electron chi connectivity index (χ0n) is 14.3. The van der Waals surface area contributed by atoms with E-state index in [1.54, 1.807) is 0 Å². The van der Waals surface area contributed by atoms with Crippen molar-refractivity contribution in [1.29, 1.82) is 0 Å². The van der Waals surface area contributed by atoms with Crippen molar-refractivity contribution >= 4 is 0 Å². The van der Waals surface area contributed by atoms with Crippen molar-refractivity contribution in [2.75, 3.05) is 6.61 Å². The zero-order valence-corrected chi connectivity index (χ0v) is 14.3. The molecule has 4 nitrogen and oxygen atoms in total. The van der Waals surface area contributed by atoms with Gasteiger partial charge in [0.1, 0.15) is 0 Å². The first kappa shape index (κ1) is 21.8. The highest BCUT2D eigenvalue weighted by molar-refractivity contribution is 4.52. The molecule has 0 amide bonds. The van der Waals surface area contributed by atoms with Gasteiger partial charge >= 0.3 is 0 Å². The molecule has 0 aliphatic heterocycles. The SMILES string of the molecule is OCCCCCCCCCCCCCCCCCC(O)(O)O. The Kier molecular flexibility index (Phi) is 15.6. The predicted octanol–water partition coefficient (Wildman–Crippen LogP) is 3.85. The van der Waals surface area contributed by atoms with E-state index in [4.69, 9.17) is 20.4 Å². The van der Waals surface area contributed by atoms with E-state index < -0.39 is 5.97 Å². The van der Waals surface area contributed by atoms with Crippen molar-refractivity contribution < 1.29 is 20.4 Å². The van der Waals surface area contributed by atoms with Gasteiger partial charge in [0.15, 0.2) is 0 Å². The Morgan fingerprint density at radius 2 is 0.682 bits per heavy atom. The van der Waals surface area contributed by atoms with E-state index in [0.717, 1.165) is 19.3 Å². The fourth-order valence-corrected chi connectivity index (χ4v) is 2.77. The van der Waals surface area contributed by atoms with Gasteiger partial charge in [-0.25, -0.2) is 0 Å². The lowest BCUT2D eigenvalue weighted by atomic mass is 10.0. The number of hydrogen-bond acceptors (Lipinski definition) is 4. The molecule has 134 valence electrons. The van der Waals surface area contributed by atoms with E-state index >= 15 is 0 Å². The zero-order chi connectivity index (χ0) is 16.5. The molecule has 0 atom stereocenters. The molecule has 0 radical (unpaired) electrons. The highest BCUT2D eigenvalue weighted by atomic mass is 16.7. The molecule has 0 aromatic carbocycles. The average Bonchev–Trinajstić information content (AvgIpc) is 2.45. The Balaban J connectivity index is 3.00. The van der Waals surface area contributed by atoms with Crippen LogP contribution in [-0.4, -0.2) is 33.0 Å². The van der Waals surface area contributed by atoms with Crippen LogP contribution in [0.5, 0.6) is 0 Å². The maximum Gasteiger partial charge on any atom is 0.275 e. The van der Waals surface area contributed by atoms with Crippen molar-refractivity contribution in [3.8, 4) is 0 Å². The summed E-state index contributed by atoms with van der Waals surface area (Å²) in [4.78, 5) is 0. The lowest BCUT2D eigenvalue weighted by Gasteiger charge is -2.12. The van der Waals surface area contributed by atoms with E-state index in [1.165, 1.54) is 70.6 Å². The molecule has 0 aliphatic carbocycles. The summed E-state index contributed by atoms with van der Waals surface area (Å²) in [7, 11) is 0. The standard InChI is InChI=1S/C18H38O4/c19-17-15-13-11-9-7-5-3-1-2-4-6-8-10-12-14-16-18(20,21)22/h19-22H,1-17H2. The van der Waals surface area contributed by atoms with Crippen molar-refractivity contribution in [2.24, 2.45) is 0 Å². The molecule has 0 fully saturated rings. The Bertz CT molecular complexity index is 214. The number of aliphatic hydroxyl groups excluding tert-OH is 1. The van der Waals surface area contributed by atoms with Crippen LogP contribution in [0.4, 0.5) is 0 Å². The van der Waals surface area contributed by atoms with Gasteiger partial charge in [0.2, 0.25) is 0 Å². The highest BCUT2D eigenvalue weighted by Gasteiger charge is 2.16. The molecule has 0 aromatic heterocycles. The summed E-state index contributed by atoms with van der Waals surface area (Å²) in [6.45, 7) is 0.338. The minimum atomic E-state index is -2.47. The molecule has 0 saturated carbocycles. The van der Waals surface area contributed by atoms with Gasteiger partial charge in [0.25, 0.3) is 5.97 Å². The van der Waals surface area contributed by atoms with Gasteiger partial charge in [-0.3, -0.25) is 0 Å². The third-order valence-corrected chi connectivity index (χ3v) is 4.17. The molecule has 4 heteroatoms. The molecule has 0 saturated heterocycles. The second kappa shape index (κ2) is 15.7. The fourth-order valence-electron chi connectivity index (χ4n) is 2.77. The van der Waals surface area contributed by atoms with E-state index in [1.807, 2.05) is 0 Å². The summed E-state index contributed by atoms with van der Waals surface area (Å²) in [6.07, 6.45) is 18.0. The Morgan fingerprint density at radius 3 is 0.955 bits per heavy atom. The lowest BCUT2D eigenvalue weighted by molar-refractivity contribution is -0.315. The first-order valence-corrected chi connectivity index (χ1v) is 9.34. The number of aliphatic hydroxyl groups is 4. The summed E-state index contributed by atoms with van der Waals surface area (Å²) < 4.78 is 0. The van der Waals surface area contributed by atoms with Crippen LogP contribution in [0.2, 0.25) is 0 Å². The van der Waals surface area contributed by atoms with Gasteiger partial charge in [-0.05, 0) is 12.8 Å². The van der Waals surface area contributed by atoms with Crippen LogP contribution in [0.3, 0.4) is 0 Å². The lowest BCUT2D eigenvalue weighted by Crippen LogP contribution is -2.26. The first-order valence-electron chi connectivity index (χ1n) is 9.34. The van der Waals surface area contributed by atoms with Gasteiger partial charge in [-0.2, -0.15) is 0 Å². The number of hydrogen-bond donors (Lipinski definition) is 4. The summed E-state index contributed by atoms with van der Waals surface area (Å²) in [6, 6.07) is 0.